The molecule has 0 radical (unpaired) electrons. The topological polar surface area (TPSA) is 202 Å². The zero-order valence-corrected chi connectivity index (χ0v) is 42.0. The van der Waals surface area contributed by atoms with E-state index in [1.807, 2.05) is 0 Å². The second kappa shape index (κ2) is 46.7. The molecule has 0 fully saturated rings. The summed E-state index contributed by atoms with van der Waals surface area (Å²) >= 11 is 0. The van der Waals surface area contributed by atoms with Crippen molar-refractivity contribution in [1.82, 2.24) is 10.6 Å². The predicted molar refractivity (Wildman–Crippen MR) is 255 cm³/mol. The summed E-state index contributed by atoms with van der Waals surface area (Å²) in [5.41, 5.74) is 0. The van der Waals surface area contributed by atoms with Gasteiger partial charge in [-0.15, -0.1) is 0 Å². The first-order chi connectivity index (χ1) is 31.5. The summed E-state index contributed by atoms with van der Waals surface area (Å²) in [4.78, 5) is 70.8. The number of hydrogen-bond donors (Lipinski definition) is 3. The van der Waals surface area contributed by atoms with Crippen molar-refractivity contribution >= 4 is 37.4 Å². The van der Waals surface area contributed by atoms with Crippen molar-refractivity contribution in [3.63, 3.8) is 0 Å². The Bertz CT molecular complexity index is 1220. The highest BCUT2D eigenvalue weighted by molar-refractivity contribution is 7.47. The minimum Gasteiger partial charge on any atom is -0.462 e. The van der Waals surface area contributed by atoms with Crippen LogP contribution in [0.15, 0.2) is 0 Å². The van der Waals surface area contributed by atoms with Crippen LogP contribution in [-0.4, -0.2) is 99.9 Å². The summed E-state index contributed by atoms with van der Waals surface area (Å²) in [7, 11) is -4.63. The number of phosphoric acid groups is 1. The van der Waals surface area contributed by atoms with E-state index in [4.69, 9.17) is 28.0 Å². The van der Waals surface area contributed by atoms with Crippen molar-refractivity contribution in [1.29, 1.82) is 0 Å². The zero-order valence-electron chi connectivity index (χ0n) is 41.2. The lowest BCUT2D eigenvalue weighted by atomic mass is 10.0. The van der Waals surface area contributed by atoms with Gasteiger partial charge in [0, 0.05) is 45.2 Å². The molecule has 0 aliphatic heterocycles. The Hall–Kier alpha value is -2.42. The Morgan fingerprint density at radius 3 is 1.31 bits per heavy atom. The van der Waals surface area contributed by atoms with Crippen molar-refractivity contribution in [3.05, 3.63) is 0 Å². The highest BCUT2D eigenvalue weighted by Gasteiger charge is 2.26. The number of unbranched alkanes of at least 4 members (excludes halogenated alkanes) is 24. The third kappa shape index (κ3) is 47.9. The number of Topliss-reactive ketones (excluding diaryl/α,β-unsaturated/α-hetero) is 1. The van der Waals surface area contributed by atoms with Crippen LogP contribution in [0, 0.1) is 0 Å². The summed E-state index contributed by atoms with van der Waals surface area (Å²) in [5, 5.41) is 5.17. The molecule has 0 aromatic carbocycles. The number of esters is 2. The van der Waals surface area contributed by atoms with E-state index in [1.54, 1.807) is 0 Å². The third-order valence-corrected chi connectivity index (χ3v) is 11.9. The van der Waals surface area contributed by atoms with E-state index in [2.05, 4.69) is 24.5 Å². The molecule has 15 nitrogen and oxygen atoms in total. The van der Waals surface area contributed by atoms with Gasteiger partial charge in [-0.1, -0.05) is 168 Å². The molecule has 382 valence electrons. The molecule has 0 heterocycles. The number of ketones is 1. The minimum absolute atomic E-state index is 0.0554. The molecule has 2 atom stereocenters. The second-order valence-electron chi connectivity index (χ2n) is 17.3. The minimum atomic E-state index is -4.63. The van der Waals surface area contributed by atoms with Crippen LogP contribution in [0.5, 0.6) is 0 Å². The summed E-state index contributed by atoms with van der Waals surface area (Å²) in [6.45, 7) is 6.16. The molecule has 0 saturated heterocycles. The van der Waals surface area contributed by atoms with E-state index in [9.17, 15) is 33.4 Å². The van der Waals surface area contributed by atoms with E-state index < -0.39 is 38.4 Å². The van der Waals surface area contributed by atoms with Crippen LogP contribution in [0.25, 0.3) is 0 Å². The molecular weight excluding hydrogens is 856 g/mol. The Morgan fingerprint density at radius 2 is 0.862 bits per heavy atom. The first-order valence-corrected chi connectivity index (χ1v) is 27.1. The lowest BCUT2D eigenvalue weighted by molar-refractivity contribution is -0.161. The van der Waals surface area contributed by atoms with Crippen LogP contribution in [0.1, 0.15) is 220 Å². The van der Waals surface area contributed by atoms with E-state index in [0.717, 1.165) is 38.5 Å². The fraction of sp³-hybridized carbons (Fsp3) is 0.898. The smallest absolute Gasteiger partial charge is 0.462 e. The fourth-order valence-electron chi connectivity index (χ4n) is 6.96. The van der Waals surface area contributed by atoms with E-state index in [1.165, 1.54) is 122 Å². The molecule has 1 unspecified atom stereocenters. The number of phosphoric ester groups is 1. The van der Waals surface area contributed by atoms with Crippen LogP contribution in [-0.2, 0) is 56.5 Å². The highest BCUT2D eigenvalue weighted by Crippen LogP contribution is 2.43. The molecule has 0 rings (SSSR count). The lowest BCUT2D eigenvalue weighted by Crippen LogP contribution is -2.31. The number of hydrogen-bond acceptors (Lipinski definition) is 12. The van der Waals surface area contributed by atoms with Crippen LogP contribution in [0.2, 0.25) is 0 Å². The second-order valence-corrected chi connectivity index (χ2v) is 18.7. The van der Waals surface area contributed by atoms with Gasteiger partial charge in [-0.2, -0.15) is 0 Å². The maximum absolute atomic E-state index is 12.8. The normalized spacial score (nSPS) is 12.7. The van der Waals surface area contributed by atoms with Gasteiger partial charge in [0.25, 0.3) is 0 Å². The van der Waals surface area contributed by atoms with Crippen molar-refractivity contribution in [2.75, 3.05) is 59.3 Å². The van der Waals surface area contributed by atoms with Gasteiger partial charge in [0.2, 0.25) is 11.8 Å². The molecule has 0 aliphatic rings. The molecule has 3 N–H and O–H groups in total. The summed E-state index contributed by atoms with van der Waals surface area (Å²) in [6.07, 6.45) is 30.3. The van der Waals surface area contributed by atoms with E-state index >= 15 is 0 Å². The fourth-order valence-corrected chi connectivity index (χ4v) is 7.71. The Morgan fingerprint density at radius 1 is 0.462 bits per heavy atom. The lowest BCUT2D eigenvalue weighted by Gasteiger charge is -2.20. The Kier molecular flexibility index (Phi) is 44.9. The van der Waals surface area contributed by atoms with Crippen molar-refractivity contribution < 1.29 is 61.4 Å². The van der Waals surface area contributed by atoms with Crippen molar-refractivity contribution in [2.45, 2.75) is 226 Å². The quantitative estimate of drug-likeness (QED) is 0.0296. The number of rotatable bonds is 50. The number of carbonyl (C=O) groups excluding carboxylic acids is 5. The molecule has 16 heteroatoms. The summed E-state index contributed by atoms with van der Waals surface area (Å²) in [5.74, 6) is -1.67. The van der Waals surface area contributed by atoms with Gasteiger partial charge >= 0.3 is 19.8 Å². The standard InChI is InChI=1S/C49H93N2O13P/c1-4-6-8-10-12-14-16-18-20-22-24-26-28-30-48(55)61-42-45(64-49(56)31-29-27-25-23-21-19-17-15-13-11-9-7-5-2)43-63-65(57,58)62-39-36-51-47(54)33-32-46(53)50-35-38-60-41-40-59-37-34-44(3)52/h45H,4-43H2,1-3H3,(H,50,53)(H,51,54)(H,57,58)/t45-/m1/s1. The summed E-state index contributed by atoms with van der Waals surface area (Å²) in [6, 6.07) is 0. The SMILES string of the molecule is CCCCCCCCCCCCCCCC(=O)OC[C@H](COP(=O)(O)OCCNC(=O)CCC(=O)NCCOCCOCCC(C)=O)OC(=O)CCCCCCCCCCCCCCC. The van der Waals surface area contributed by atoms with Gasteiger partial charge in [-0.3, -0.25) is 33.0 Å². The number of ether oxygens (including phenoxy) is 4. The van der Waals surface area contributed by atoms with Crippen LogP contribution >= 0.6 is 7.82 Å². The van der Waals surface area contributed by atoms with E-state index in [0.29, 0.717) is 39.1 Å². The van der Waals surface area contributed by atoms with Gasteiger partial charge in [-0.25, -0.2) is 4.57 Å². The largest absolute Gasteiger partial charge is 0.472 e. The highest BCUT2D eigenvalue weighted by atomic mass is 31.2. The van der Waals surface area contributed by atoms with Gasteiger partial charge in [0.05, 0.1) is 39.6 Å². The molecule has 0 aromatic rings. The number of amides is 2. The molecule has 0 bridgehead atoms. The van der Waals surface area contributed by atoms with Gasteiger partial charge in [0.15, 0.2) is 6.10 Å². The first kappa shape index (κ1) is 62.6. The number of nitrogens with one attached hydrogen (secondary N) is 2. The van der Waals surface area contributed by atoms with Crippen LogP contribution in [0.4, 0.5) is 0 Å². The van der Waals surface area contributed by atoms with Crippen LogP contribution < -0.4 is 10.6 Å². The molecular formula is C49H93N2O13P. The van der Waals surface area contributed by atoms with E-state index in [-0.39, 0.29) is 70.3 Å². The molecule has 0 aromatic heterocycles. The van der Waals surface area contributed by atoms with Gasteiger partial charge in [0.1, 0.15) is 12.4 Å². The molecule has 0 saturated carbocycles. The molecule has 65 heavy (non-hydrogen) atoms. The molecule has 0 aliphatic carbocycles. The predicted octanol–water partition coefficient (Wildman–Crippen LogP) is 10.6. The summed E-state index contributed by atoms with van der Waals surface area (Å²) < 4.78 is 44.4. The zero-order chi connectivity index (χ0) is 47.9. The third-order valence-electron chi connectivity index (χ3n) is 10.9. The maximum Gasteiger partial charge on any atom is 0.472 e. The van der Waals surface area contributed by atoms with Gasteiger partial charge < -0.3 is 34.5 Å². The number of carbonyl (C=O) groups is 5. The van der Waals surface area contributed by atoms with Crippen molar-refractivity contribution in [2.24, 2.45) is 0 Å². The van der Waals surface area contributed by atoms with Gasteiger partial charge in [-0.05, 0) is 19.8 Å². The Labute approximate surface area is 393 Å². The monoisotopic (exact) mass is 949 g/mol. The van der Waals surface area contributed by atoms with Crippen molar-refractivity contribution in [3.8, 4) is 0 Å². The van der Waals surface area contributed by atoms with Crippen LogP contribution in [0.3, 0.4) is 0 Å². The maximum atomic E-state index is 12.8. The first-order valence-electron chi connectivity index (χ1n) is 25.6. The average molecular weight is 949 g/mol. The Balaban J connectivity index is 4.55. The molecule has 0 spiro atoms. The average Bonchev–Trinajstić information content (AvgIpc) is 3.27. The molecule has 2 amide bonds.